The monoisotopic (exact) mass is 354 g/mol. The molecule has 0 radical (unpaired) electrons. The summed E-state index contributed by atoms with van der Waals surface area (Å²) in [5.41, 5.74) is 1.60. The van der Waals surface area contributed by atoms with E-state index in [4.69, 9.17) is 0 Å². The Morgan fingerprint density at radius 3 is 2.65 bits per heavy atom. The predicted octanol–water partition coefficient (Wildman–Crippen LogP) is 3.43. The number of hydrogen-bond donors (Lipinski definition) is 0. The molecule has 0 amide bonds. The maximum atomic E-state index is 13.6. The number of pyridine rings is 2. The van der Waals surface area contributed by atoms with E-state index in [9.17, 15) is 8.78 Å². The van der Waals surface area contributed by atoms with Gasteiger partial charge in [-0.2, -0.15) is 13.8 Å². The maximum Gasteiger partial charge on any atom is 0.214 e. The van der Waals surface area contributed by atoms with Crippen LogP contribution in [-0.4, -0.2) is 29.1 Å². The van der Waals surface area contributed by atoms with Gasteiger partial charge in [0.15, 0.2) is 11.5 Å². The summed E-state index contributed by atoms with van der Waals surface area (Å²) in [7, 11) is 0. The number of aromatic nitrogens is 6. The van der Waals surface area contributed by atoms with Crippen molar-refractivity contribution in [3.05, 3.63) is 60.4 Å². The van der Waals surface area contributed by atoms with E-state index in [1.165, 1.54) is 12.1 Å². The van der Waals surface area contributed by atoms with Gasteiger partial charge in [-0.3, -0.25) is 0 Å². The lowest BCUT2D eigenvalue weighted by molar-refractivity contribution is 0.577. The zero-order valence-electron chi connectivity index (χ0n) is 14.1. The molecule has 4 heterocycles. The molecule has 4 rings (SSSR count). The lowest BCUT2D eigenvalue weighted by Gasteiger charge is -2.10. The zero-order chi connectivity index (χ0) is 18.1. The molecule has 4 aromatic heterocycles. The van der Waals surface area contributed by atoms with Crippen LogP contribution < -0.4 is 0 Å². The molecule has 0 aromatic carbocycles. The quantitative estimate of drug-likeness (QED) is 0.515. The summed E-state index contributed by atoms with van der Waals surface area (Å²) in [6, 6.07) is 7.51. The van der Waals surface area contributed by atoms with Crippen molar-refractivity contribution in [3.8, 4) is 11.5 Å². The van der Waals surface area contributed by atoms with Crippen molar-refractivity contribution < 1.29 is 8.78 Å². The molecule has 8 heteroatoms. The third-order valence-electron chi connectivity index (χ3n) is 4.06. The third-order valence-corrected chi connectivity index (χ3v) is 4.06. The molecule has 0 fully saturated rings. The van der Waals surface area contributed by atoms with Crippen LogP contribution >= 0.6 is 0 Å². The van der Waals surface area contributed by atoms with E-state index in [0.717, 1.165) is 12.2 Å². The van der Waals surface area contributed by atoms with Crippen molar-refractivity contribution in [2.45, 2.75) is 26.4 Å². The van der Waals surface area contributed by atoms with Gasteiger partial charge in [-0.25, -0.2) is 15.0 Å². The number of nitrogens with zero attached hydrogens (tertiary/aromatic N) is 6. The minimum absolute atomic E-state index is 0.394. The number of imidazole rings is 2. The van der Waals surface area contributed by atoms with Gasteiger partial charge in [0.1, 0.15) is 17.0 Å². The summed E-state index contributed by atoms with van der Waals surface area (Å²) in [4.78, 5) is 16.8. The molecule has 0 atom stereocenters. The van der Waals surface area contributed by atoms with Gasteiger partial charge in [-0.15, -0.1) is 0 Å². The number of halogens is 2. The molecular weight excluding hydrogens is 338 g/mol. The Morgan fingerprint density at radius 2 is 1.85 bits per heavy atom. The molecule has 0 unspecified atom stereocenters. The smallest absolute Gasteiger partial charge is 0.214 e. The van der Waals surface area contributed by atoms with Gasteiger partial charge in [0.05, 0.1) is 6.54 Å². The van der Waals surface area contributed by atoms with Crippen molar-refractivity contribution in [1.29, 1.82) is 0 Å². The Labute approximate surface area is 148 Å². The molecule has 6 nitrogen and oxygen atoms in total. The van der Waals surface area contributed by atoms with E-state index < -0.39 is 11.9 Å². The van der Waals surface area contributed by atoms with Gasteiger partial charge in [0.25, 0.3) is 0 Å². The van der Waals surface area contributed by atoms with Gasteiger partial charge >= 0.3 is 0 Å². The van der Waals surface area contributed by atoms with Crippen LogP contribution in [0, 0.1) is 11.9 Å². The summed E-state index contributed by atoms with van der Waals surface area (Å²) in [5.74, 6) is 0.179. The Kier molecular flexibility index (Phi) is 4.16. The second kappa shape index (κ2) is 6.62. The Hall–Kier alpha value is -3.16. The van der Waals surface area contributed by atoms with Crippen LogP contribution in [0.2, 0.25) is 0 Å². The van der Waals surface area contributed by atoms with Gasteiger partial charge in [0.2, 0.25) is 11.9 Å². The van der Waals surface area contributed by atoms with Crippen LogP contribution in [0.3, 0.4) is 0 Å². The number of hydrogen-bond acceptors (Lipinski definition) is 4. The van der Waals surface area contributed by atoms with Crippen LogP contribution in [0.4, 0.5) is 8.78 Å². The highest BCUT2D eigenvalue weighted by atomic mass is 19.1. The average Bonchev–Trinajstić information content (AvgIpc) is 3.21. The minimum Gasteiger partial charge on any atom is -0.322 e. The van der Waals surface area contributed by atoms with Gasteiger partial charge in [-0.1, -0.05) is 13.0 Å². The van der Waals surface area contributed by atoms with Gasteiger partial charge in [0, 0.05) is 18.9 Å². The Morgan fingerprint density at radius 1 is 1.00 bits per heavy atom. The average molecular weight is 354 g/mol. The van der Waals surface area contributed by atoms with E-state index in [2.05, 4.69) is 19.9 Å². The lowest BCUT2D eigenvalue weighted by atomic mass is 10.3. The molecule has 0 aliphatic heterocycles. The highest BCUT2D eigenvalue weighted by Gasteiger charge is 2.15. The van der Waals surface area contributed by atoms with E-state index in [1.807, 2.05) is 16.1 Å². The number of fused-ring (bicyclic) bond motifs is 1. The minimum atomic E-state index is -0.560. The SMILES string of the molecule is CCCn1c(Cn2ccnc2-c2cccc(F)n2)nc2ccc(F)nc21. The molecule has 0 saturated heterocycles. The summed E-state index contributed by atoms with van der Waals surface area (Å²) >= 11 is 0. The normalized spacial score (nSPS) is 11.3. The third kappa shape index (κ3) is 2.94. The van der Waals surface area contributed by atoms with Crippen LogP contribution in [0.1, 0.15) is 19.2 Å². The summed E-state index contributed by atoms with van der Waals surface area (Å²) in [6.45, 7) is 3.10. The fraction of sp³-hybridized carbons (Fsp3) is 0.222. The predicted molar refractivity (Wildman–Crippen MR) is 92.3 cm³/mol. The van der Waals surface area contributed by atoms with Crippen molar-refractivity contribution >= 4 is 11.2 Å². The first-order chi connectivity index (χ1) is 12.7. The molecule has 132 valence electrons. The molecule has 0 spiro atoms. The van der Waals surface area contributed by atoms with E-state index >= 15 is 0 Å². The van der Waals surface area contributed by atoms with Crippen molar-refractivity contribution in [3.63, 3.8) is 0 Å². The molecule has 0 bridgehead atoms. The zero-order valence-corrected chi connectivity index (χ0v) is 14.1. The maximum absolute atomic E-state index is 13.6. The van der Waals surface area contributed by atoms with Gasteiger partial charge < -0.3 is 9.13 Å². The van der Waals surface area contributed by atoms with Crippen LogP contribution in [0.5, 0.6) is 0 Å². The number of aryl methyl sites for hydroxylation is 1. The van der Waals surface area contributed by atoms with Crippen LogP contribution in [0.25, 0.3) is 22.7 Å². The lowest BCUT2D eigenvalue weighted by Crippen LogP contribution is -2.10. The first-order valence-electron chi connectivity index (χ1n) is 8.31. The number of rotatable bonds is 5. The summed E-state index contributed by atoms with van der Waals surface area (Å²) < 4.78 is 30.7. The Bertz CT molecular complexity index is 1070. The highest BCUT2D eigenvalue weighted by Crippen LogP contribution is 2.20. The first kappa shape index (κ1) is 16.3. The standard InChI is InChI=1S/C18H16F2N6/c1-2-9-26-16(23-13-6-7-15(20)24-18(13)26)11-25-10-8-21-17(25)12-4-3-5-14(19)22-12/h3-8,10H,2,9,11H2,1H3. The first-order valence-corrected chi connectivity index (χ1v) is 8.31. The second-order valence-electron chi connectivity index (χ2n) is 5.88. The molecule has 0 aliphatic rings. The van der Waals surface area contributed by atoms with E-state index in [0.29, 0.717) is 35.8 Å². The molecular formula is C18H16F2N6. The fourth-order valence-electron chi connectivity index (χ4n) is 2.96. The molecule has 0 saturated carbocycles. The largest absolute Gasteiger partial charge is 0.322 e. The topological polar surface area (TPSA) is 61.4 Å². The molecule has 26 heavy (non-hydrogen) atoms. The Balaban J connectivity index is 1.77. The fourth-order valence-corrected chi connectivity index (χ4v) is 2.96. The van der Waals surface area contributed by atoms with E-state index in [1.54, 1.807) is 30.6 Å². The summed E-state index contributed by atoms with van der Waals surface area (Å²) in [5, 5.41) is 0. The van der Waals surface area contributed by atoms with Crippen LogP contribution in [0.15, 0.2) is 42.7 Å². The van der Waals surface area contributed by atoms with Crippen molar-refractivity contribution in [2.75, 3.05) is 0 Å². The van der Waals surface area contributed by atoms with Gasteiger partial charge in [-0.05, 0) is 30.7 Å². The molecule has 0 aliphatic carbocycles. The van der Waals surface area contributed by atoms with Crippen molar-refractivity contribution in [2.24, 2.45) is 0 Å². The summed E-state index contributed by atoms with van der Waals surface area (Å²) in [6.07, 6.45) is 4.27. The van der Waals surface area contributed by atoms with E-state index in [-0.39, 0.29) is 0 Å². The van der Waals surface area contributed by atoms with Crippen LogP contribution in [-0.2, 0) is 13.1 Å². The highest BCUT2D eigenvalue weighted by molar-refractivity contribution is 5.71. The molecule has 0 N–H and O–H groups in total. The molecule has 4 aromatic rings. The second-order valence-corrected chi connectivity index (χ2v) is 5.88. The van der Waals surface area contributed by atoms with Crippen molar-refractivity contribution in [1.82, 2.24) is 29.1 Å².